The van der Waals surface area contributed by atoms with Gasteiger partial charge in [0.1, 0.15) is 0 Å². The van der Waals surface area contributed by atoms with E-state index < -0.39 is 5.41 Å². The summed E-state index contributed by atoms with van der Waals surface area (Å²) in [4.78, 5) is 14.1. The maximum absolute atomic E-state index is 11.8. The van der Waals surface area contributed by atoms with Gasteiger partial charge >= 0.3 is 0 Å². The molecule has 1 aliphatic heterocycles. The number of hydrogen-bond donors (Lipinski definition) is 2. The lowest BCUT2D eigenvalue weighted by molar-refractivity contribution is -0.127. The molecule has 17 heavy (non-hydrogen) atoms. The summed E-state index contributed by atoms with van der Waals surface area (Å²) in [6.07, 6.45) is 5.32. The Hall–Kier alpha value is -0.610. The van der Waals surface area contributed by atoms with Crippen LogP contribution in [0.2, 0.25) is 0 Å². The van der Waals surface area contributed by atoms with Gasteiger partial charge in [-0.2, -0.15) is 0 Å². The van der Waals surface area contributed by atoms with Gasteiger partial charge in [-0.15, -0.1) is 0 Å². The highest BCUT2D eigenvalue weighted by molar-refractivity contribution is 5.85. The standard InChI is InChI=1S/C13H24N2O2/c1-15-8-2-3-11(9-15)4-7-14-12(17)13(10-16)5-6-13/h11,16H,2-10H2,1H3,(H,14,17)/t11-/m1/s1. The summed E-state index contributed by atoms with van der Waals surface area (Å²) >= 11 is 0. The molecule has 0 aromatic heterocycles. The van der Waals surface area contributed by atoms with Gasteiger partial charge in [0.15, 0.2) is 0 Å². The van der Waals surface area contributed by atoms with Crippen molar-refractivity contribution in [3.8, 4) is 0 Å². The third kappa shape index (κ3) is 3.19. The predicted octanol–water partition coefficient (Wildman–Crippen LogP) is 0.607. The van der Waals surface area contributed by atoms with E-state index in [1.807, 2.05) is 0 Å². The molecule has 1 saturated heterocycles. The first-order valence-corrected chi connectivity index (χ1v) is 6.74. The summed E-state index contributed by atoms with van der Waals surface area (Å²) in [5, 5.41) is 12.1. The lowest BCUT2D eigenvalue weighted by Gasteiger charge is -2.29. The van der Waals surface area contributed by atoms with E-state index in [2.05, 4.69) is 17.3 Å². The van der Waals surface area contributed by atoms with Gasteiger partial charge < -0.3 is 15.3 Å². The van der Waals surface area contributed by atoms with Gasteiger partial charge in [0.25, 0.3) is 0 Å². The Labute approximate surface area is 103 Å². The molecule has 98 valence electrons. The van der Waals surface area contributed by atoms with Crippen molar-refractivity contribution < 1.29 is 9.90 Å². The molecule has 2 rings (SSSR count). The molecule has 0 bridgehead atoms. The highest BCUT2D eigenvalue weighted by atomic mass is 16.3. The van der Waals surface area contributed by atoms with Gasteiger partial charge in [-0.1, -0.05) is 0 Å². The number of nitrogens with zero attached hydrogens (tertiary/aromatic N) is 1. The van der Waals surface area contributed by atoms with Gasteiger partial charge in [-0.25, -0.2) is 0 Å². The van der Waals surface area contributed by atoms with E-state index in [9.17, 15) is 4.79 Å². The lowest BCUT2D eigenvalue weighted by atomic mass is 9.95. The molecule has 1 atom stereocenters. The molecular formula is C13H24N2O2. The normalized spacial score (nSPS) is 27.8. The number of carbonyl (C=O) groups excluding carboxylic acids is 1. The summed E-state index contributed by atoms with van der Waals surface area (Å²) in [6, 6.07) is 0. The number of carbonyl (C=O) groups is 1. The summed E-state index contributed by atoms with van der Waals surface area (Å²) in [7, 11) is 2.16. The number of nitrogens with one attached hydrogen (secondary N) is 1. The fourth-order valence-electron chi connectivity index (χ4n) is 2.69. The maximum Gasteiger partial charge on any atom is 0.228 e. The summed E-state index contributed by atoms with van der Waals surface area (Å²) in [5.41, 5.74) is -0.413. The molecule has 4 heteroatoms. The lowest BCUT2D eigenvalue weighted by Crippen LogP contribution is -2.37. The van der Waals surface area contributed by atoms with E-state index in [-0.39, 0.29) is 12.5 Å². The Morgan fingerprint density at radius 3 is 2.88 bits per heavy atom. The first-order chi connectivity index (χ1) is 8.16. The number of piperidine rings is 1. The highest BCUT2D eigenvalue weighted by Gasteiger charge is 2.49. The Balaban J connectivity index is 1.64. The van der Waals surface area contributed by atoms with Crippen molar-refractivity contribution >= 4 is 5.91 Å². The summed E-state index contributed by atoms with van der Waals surface area (Å²) in [5.74, 6) is 0.780. The molecule has 0 unspecified atom stereocenters. The molecule has 2 aliphatic rings. The second kappa shape index (κ2) is 5.36. The van der Waals surface area contributed by atoms with Crippen molar-refractivity contribution in [1.82, 2.24) is 10.2 Å². The minimum Gasteiger partial charge on any atom is -0.395 e. The number of hydrogen-bond acceptors (Lipinski definition) is 3. The topological polar surface area (TPSA) is 52.6 Å². The summed E-state index contributed by atoms with van der Waals surface area (Å²) in [6.45, 7) is 3.13. The molecule has 0 spiro atoms. The number of aliphatic hydroxyl groups is 1. The van der Waals surface area contributed by atoms with Gasteiger partial charge in [0.2, 0.25) is 5.91 Å². The molecule has 1 saturated carbocycles. The van der Waals surface area contributed by atoms with Crippen LogP contribution in [-0.4, -0.2) is 49.2 Å². The van der Waals surface area contributed by atoms with Gasteiger partial charge in [-0.05, 0) is 51.6 Å². The quantitative estimate of drug-likeness (QED) is 0.740. The Bertz CT molecular complexity index is 277. The second-order valence-electron chi connectivity index (χ2n) is 5.75. The van der Waals surface area contributed by atoms with Crippen molar-refractivity contribution in [2.75, 3.05) is 33.3 Å². The van der Waals surface area contributed by atoms with E-state index in [4.69, 9.17) is 5.11 Å². The number of rotatable bonds is 5. The van der Waals surface area contributed by atoms with Crippen LogP contribution in [0.1, 0.15) is 32.1 Å². The molecule has 0 radical (unpaired) electrons. The summed E-state index contributed by atoms with van der Waals surface area (Å²) < 4.78 is 0. The first kappa shape index (κ1) is 12.8. The zero-order valence-corrected chi connectivity index (χ0v) is 10.7. The minimum absolute atomic E-state index is 0.00496. The van der Waals surface area contributed by atoms with Crippen LogP contribution < -0.4 is 5.32 Å². The maximum atomic E-state index is 11.8. The van der Waals surface area contributed by atoms with E-state index in [0.29, 0.717) is 0 Å². The Morgan fingerprint density at radius 2 is 2.29 bits per heavy atom. The third-order valence-corrected chi connectivity index (χ3v) is 4.20. The van der Waals surface area contributed by atoms with E-state index in [1.165, 1.54) is 19.4 Å². The van der Waals surface area contributed by atoms with Crippen LogP contribution in [0.4, 0.5) is 0 Å². The van der Waals surface area contributed by atoms with Crippen LogP contribution in [0.3, 0.4) is 0 Å². The SMILES string of the molecule is CN1CCC[C@H](CCNC(=O)C2(CO)CC2)C1. The van der Waals surface area contributed by atoms with Crippen LogP contribution in [0, 0.1) is 11.3 Å². The van der Waals surface area contributed by atoms with Crippen molar-refractivity contribution in [2.45, 2.75) is 32.1 Å². The zero-order valence-electron chi connectivity index (χ0n) is 10.7. The van der Waals surface area contributed by atoms with Crippen molar-refractivity contribution in [1.29, 1.82) is 0 Å². The molecule has 1 amide bonds. The fourth-order valence-corrected chi connectivity index (χ4v) is 2.69. The molecule has 4 nitrogen and oxygen atoms in total. The van der Waals surface area contributed by atoms with E-state index in [1.54, 1.807) is 0 Å². The molecule has 2 fully saturated rings. The molecule has 0 aromatic rings. The fraction of sp³-hybridized carbons (Fsp3) is 0.923. The van der Waals surface area contributed by atoms with Gasteiger partial charge in [0, 0.05) is 13.1 Å². The number of amides is 1. The Kier molecular flexibility index (Phi) is 4.05. The van der Waals surface area contributed by atoms with Crippen molar-refractivity contribution in [3.05, 3.63) is 0 Å². The highest BCUT2D eigenvalue weighted by Crippen LogP contribution is 2.45. The number of aliphatic hydroxyl groups excluding tert-OH is 1. The first-order valence-electron chi connectivity index (χ1n) is 6.74. The van der Waals surface area contributed by atoms with Gasteiger partial charge in [-0.3, -0.25) is 4.79 Å². The van der Waals surface area contributed by atoms with Crippen molar-refractivity contribution in [3.63, 3.8) is 0 Å². The number of likely N-dealkylation sites (tertiary alicyclic amines) is 1. The zero-order chi connectivity index (χ0) is 12.3. The molecule has 1 heterocycles. The molecular weight excluding hydrogens is 216 g/mol. The average Bonchev–Trinajstić information content (AvgIpc) is 3.10. The predicted molar refractivity (Wildman–Crippen MR) is 66.6 cm³/mol. The van der Waals surface area contributed by atoms with E-state index >= 15 is 0 Å². The van der Waals surface area contributed by atoms with Crippen LogP contribution in [-0.2, 0) is 4.79 Å². The van der Waals surface area contributed by atoms with Crippen LogP contribution in [0.5, 0.6) is 0 Å². The molecule has 1 aliphatic carbocycles. The second-order valence-corrected chi connectivity index (χ2v) is 5.75. The average molecular weight is 240 g/mol. The van der Waals surface area contributed by atoms with Crippen LogP contribution >= 0.6 is 0 Å². The van der Waals surface area contributed by atoms with Crippen LogP contribution in [0.25, 0.3) is 0 Å². The minimum atomic E-state index is -0.413. The van der Waals surface area contributed by atoms with Crippen molar-refractivity contribution in [2.24, 2.45) is 11.3 Å². The molecule has 2 N–H and O–H groups in total. The molecule has 0 aromatic carbocycles. The van der Waals surface area contributed by atoms with Crippen LogP contribution in [0.15, 0.2) is 0 Å². The largest absolute Gasteiger partial charge is 0.395 e. The van der Waals surface area contributed by atoms with E-state index in [0.717, 1.165) is 38.3 Å². The Morgan fingerprint density at radius 1 is 1.53 bits per heavy atom. The van der Waals surface area contributed by atoms with Gasteiger partial charge in [0.05, 0.1) is 12.0 Å². The smallest absolute Gasteiger partial charge is 0.228 e. The third-order valence-electron chi connectivity index (χ3n) is 4.20. The monoisotopic (exact) mass is 240 g/mol.